The number of hydrogen-bond acceptors (Lipinski definition) is 3. The number of carbonyl (C=O) groups excluding carboxylic acids is 1. The molecule has 0 saturated carbocycles. The molecule has 16 heavy (non-hydrogen) atoms. The van der Waals surface area contributed by atoms with Crippen molar-refractivity contribution >= 4 is 11.6 Å². The van der Waals surface area contributed by atoms with Crippen LogP contribution in [0.2, 0.25) is 0 Å². The number of aromatic nitrogens is 2. The molecule has 0 aromatic carbocycles. The van der Waals surface area contributed by atoms with Gasteiger partial charge in [-0.2, -0.15) is 5.10 Å². The molecule has 90 valence electrons. The Bertz CT molecular complexity index is 332. The first-order valence-corrected chi connectivity index (χ1v) is 5.59. The predicted octanol–water partition coefficient (Wildman–Crippen LogP) is 1.18. The molecule has 1 aromatic heterocycles. The van der Waals surface area contributed by atoms with Gasteiger partial charge in [0, 0.05) is 19.2 Å². The topological polar surface area (TPSA) is 50.2 Å². The molecule has 1 rings (SSSR count). The van der Waals surface area contributed by atoms with Gasteiger partial charge in [0.05, 0.1) is 18.4 Å². The standard InChI is InChI=1S/C11H20N4O/c1-4-5-11(16)13-10-8-12-15(9-10)7-6-14(2)3/h8-9H,4-7H2,1-3H3,(H,13,16). The maximum atomic E-state index is 11.3. The number of nitrogens with zero attached hydrogens (tertiary/aromatic N) is 3. The largest absolute Gasteiger partial charge is 0.323 e. The zero-order valence-electron chi connectivity index (χ0n) is 10.2. The molecule has 0 aliphatic heterocycles. The van der Waals surface area contributed by atoms with Gasteiger partial charge in [-0.1, -0.05) is 6.92 Å². The highest BCUT2D eigenvalue weighted by atomic mass is 16.1. The highest BCUT2D eigenvalue weighted by Crippen LogP contribution is 2.05. The second-order valence-electron chi connectivity index (χ2n) is 4.09. The fourth-order valence-electron chi connectivity index (χ4n) is 1.30. The monoisotopic (exact) mass is 224 g/mol. The second kappa shape index (κ2) is 6.27. The Hall–Kier alpha value is -1.36. The van der Waals surface area contributed by atoms with E-state index in [1.54, 1.807) is 6.20 Å². The van der Waals surface area contributed by atoms with Gasteiger partial charge in [0.25, 0.3) is 0 Å². The minimum absolute atomic E-state index is 0.0506. The normalized spacial score (nSPS) is 10.8. The molecule has 0 saturated heterocycles. The van der Waals surface area contributed by atoms with E-state index in [1.165, 1.54) is 0 Å². The molecule has 1 heterocycles. The lowest BCUT2D eigenvalue weighted by atomic mass is 10.3. The summed E-state index contributed by atoms with van der Waals surface area (Å²) in [6.45, 7) is 3.75. The van der Waals surface area contributed by atoms with E-state index in [0.717, 1.165) is 25.2 Å². The molecule has 0 aliphatic rings. The predicted molar refractivity (Wildman–Crippen MR) is 64.3 cm³/mol. The van der Waals surface area contributed by atoms with Crippen molar-refractivity contribution in [2.24, 2.45) is 0 Å². The van der Waals surface area contributed by atoms with Crippen molar-refractivity contribution in [2.75, 3.05) is 26.0 Å². The fraction of sp³-hybridized carbons (Fsp3) is 0.636. The molecule has 0 fully saturated rings. The van der Waals surface area contributed by atoms with E-state index in [9.17, 15) is 4.79 Å². The molecule has 5 heteroatoms. The molecule has 0 radical (unpaired) electrons. The lowest BCUT2D eigenvalue weighted by Crippen LogP contribution is -2.18. The average Bonchev–Trinajstić information content (AvgIpc) is 2.63. The highest BCUT2D eigenvalue weighted by Gasteiger charge is 2.03. The van der Waals surface area contributed by atoms with Gasteiger partial charge in [-0.15, -0.1) is 0 Å². The number of likely N-dealkylation sites (N-methyl/N-ethyl adjacent to an activating group) is 1. The summed E-state index contributed by atoms with van der Waals surface area (Å²) < 4.78 is 1.83. The summed E-state index contributed by atoms with van der Waals surface area (Å²) in [5, 5.41) is 6.99. The van der Waals surface area contributed by atoms with Gasteiger partial charge in [-0.05, 0) is 20.5 Å². The molecule has 0 bridgehead atoms. The minimum Gasteiger partial charge on any atom is -0.323 e. The number of carbonyl (C=O) groups is 1. The quantitative estimate of drug-likeness (QED) is 0.789. The molecule has 1 N–H and O–H groups in total. The number of amides is 1. The van der Waals surface area contributed by atoms with Crippen LogP contribution in [-0.4, -0.2) is 41.2 Å². The maximum absolute atomic E-state index is 11.3. The van der Waals surface area contributed by atoms with Crippen molar-refractivity contribution in [3.8, 4) is 0 Å². The SMILES string of the molecule is CCCC(=O)Nc1cnn(CCN(C)C)c1. The summed E-state index contributed by atoms with van der Waals surface area (Å²) in [6.07, 6.45) is 4.96. The van der Waals surface area contributed by atoms with Crippen LogP contribution in [0.25, 0.3) is 0 Å². The summed E-state index contributed by atoms with van der Waals surface area (Å²) in [5.74, 6) is 0.0506. The molecule has 0 spiro atoms. The fourth-order valence-corrected chi connectivity index (χ4v) is 1.30. The van der Waals surface area contributed by atoms with Crippen molar-refractivity contribution < 1.29 is 4.79 Å². The molecular formula is C11H20N4O. The highest BCUT2D eigenvalue weighted by molar-refractivity contribution is 5.90. The Morgan fingerprint density at radius 1 is 1.56 bits per heavy atom. The van der Waals surface area contributed by atoms with Crippen molar-refractivity contribution in [1.82, 2.24) is 14.7 Å². The van der Waals surface area contributed by atoms with Crippen molar-refractivity contribution in [3.63, 3.8) is 0 Å². The van der Waals surface area contributed by atoms with E-state index in [1.807, 2.05) is 31.9 Å². The lowest BCUT2D eigenvalue weighted by molar-refractivity contribution is -0.116. The summed E-state index contributed by atoms with van der Waals surface area (Å²) in [4.78, 5) is 13.4. The Labute approximate surface area is 96.4 Å². The van der Waals surface area contributed by atoms with Gasteiger partial charge < -0.3 is 10.2 Å². The summed E-state index contributed by atoms with van der Waals surface area (Å²) in [6, 6.07) is 0. The Kier molecular flexibility index (Phi) is 4.98. The molecular weight excluding hydrogens is 204 g/mol. The van der Waals surface area contributed by atoms with Crippen LogP contribution in [0.3, 0.4) is 0 Å². The van der Waals surface area contributed by atoms with E-state index in [2.05, 4.69) is 15.3 Å². The first kappa shape index (κ1) is 12.7. The van der Waals surface area contributed by atoms with Gasteiger partial charge in [0.2, 0.25) is 5.91 Å². The van der Waals surface area contributed by atoms with Crippen molar-refractivity contribution in [2.45, 2.75) is 26.3 Å². The maximum Gasteiger partial charge on any atom is 0.224 e. The number of anilines is 1. The smallest absolute Gasteiger partial charge is 0.224 e. The Morgan fingerprint density at radius 2 is 2.31 bits per heavy atom. The Balaban J connectivity index is 2.42. The van der Waals surface area contributed by atoms with Gasteiger partial charge in [-0.3, -0.25) is 9.48 Å². The van der Waals surface area contributed by atoms with Crippen LogP contribution in [0.1, 0.15) is 19.8 Å². The van der Waals surface area contributed by atoms with Crippen LogP contribution < -0.4 is 5.32 Å². The summed E-state index contributed by atoms with van der Waals surface area (Å²) in [7, 11) is 4.04. The van der Waals surface area contributed by atoms with E-state index in [-0.39, 0.29) is 5.91 Å². The second-order valence-corrected chi connectivity index (χ2v) is 4.09. The van der Waals surface area contributed by atoms with Crippen molar-refractivity contribution in [3.05, 3.63) is 12.4 Å². The van der Waals surface area contributed by atoms with E-state index in [4.69, 9.17) is 0 Å². The number of nitrogens with one attached hydrogen (secondary N) is 1. The van der Waals surface area contributed by atoms with Crippen LogP contribution in [0.4, 0.5) is 5.69 Å². The molecule has 0 unspecified atom stereocenters. The first-order chi connectivity index (χ1) is 7.61. The third kappa shape index (κ3) is 4.44. The molecule has 0 aliphatic carbocycles. The van der Waals surface area contributed by atoms with E-state index in [0.29, 0.717) is 6.42 Å². The Morgan fingerprint density at radius 3 is 2.94 bits per heavy atom. The van der Waals surface area contributed by atoms with Crippen molar-refractivity contribution in [1.29, 1.82) is 0 Å². The minimum atomic E-state index is 0.0506. The van der Waals surface area contributed by atoms with Crippen LogP contribution in [0, 0.1) is 0 Å². The lowest BCUT2D eigenvalue weighted by Gasteiger charge is -2.08. The zero-order chi connectivity index (χ0) is 12.0. The summed E-state index contributed by atoms with van der Waals surface area (Å²) >= 11 is 0. The zero-order valence-corrected chi connectivity index (χ0v) is 10.2. The third-order valence-corrected chi connectivity index (χ3v) is 2.17. The number of hydrogen-bond donors (Lipinski definition) is 1. The van der Waals surface area contributed by atoms with Gasteiger partial charge in [0.1, 0.15) is 0 Å². The van der Waals surface area contributed by atoms with Crippen LogP contribution in [0.15, 0.2) is 12.4 Å². The first-order valence-electron chi connectivity index (χ1n) is 5.59. The molecule has 0 atom stereocenters. The molecule has 1 aromatic rings. The number of rotatable bonds is 6. The van der Waals surface area contributed by atoms with E-state index < -0.39 is 0 Å². The van der Waals surface area contributed by atoms with Gasteiger partial charge >= 0.3 is 0 Å². The van der Waals surface area contributed by atoms with E-state index >= 15 is 0 Å². The van der Waals surface area contributed by atoms with Gasteiger partial charge in [-0.25, -0.2) is 0 Å². The van der Waals surface area contributed by atoms with Crippen LogP contribution >= 0.6 is 0 Å². The summed E-state index contributed by atoms with van der Waals surface area (Å²) in [5.41, 5.74) is 0.775. The van der Waals surface area contributed by atoms with Crippen LogP contribution in [-0.2, 0) is 11.3 Å². The van der Waals surface area contributed by atoms with Crippen LogP contribution in [0.5, 0.6) is 0 Å². The molecule has 1 amide bonds. The third-order valence-electron chi connectivity index (χ3n) is 2.17. The average molecular weight is 224 g/mol. The molecule has 5 nitrogen and oxygen atoms in total. The van der Waals surface area contributed by atoms with Gasteiger partial charge in [0.15, 0.2) is 0 Å².